The van der Waals surface area contributed by atoms with Crippen molar-refractivity contribution in [2.24, 2.45) is 0 Å². The molecule has 1 nitrogen and oxygen atoms in total. The van der Waals surface area contributed by atoms with Gasteiger partial charge in [0.25, 0.3) is 0 Å². The Morgan fingerprint density at radius 1 is 0.875 bits per heavy atom. The summed E-state index contributed by atoms with van der Waals surface area (Å²) in [4.78, 5) is 2.22. The van der Waals surface area contributed by atoms with E-state index in [0.29, 0.717) is 6.85 Å². The molecule has 0 amide bonds. The molecule has 1 aromatic rings. The normalized spacial score (nSPS) is 17.4. The van der Waals surface area contributed by atoms with Crippen LogP contribution in [0.3, 0.4) is 0 Å². The van der Waals surface area contributed by atoms with Crippen molar-refractivity contribution >= 4 is 12.3 Å². The van der Waals surface area contributed by atoms with E-state index in [1.807, 2.05) is 0 Å². The van der Waals surface area contributed by atoms with Crippen molar-refractivity contribution in [3.63, 3.8) is 0 Å². The van der Waals surface area contributed by atoms with Crippen molar-refractivity contribution in [2.75, 3.05) is 0 Å². The summed E-state index contributed by atoms with van der Waals surface area (Å²) in [6.45, 7) is 0.345. The van der Waals surface area contributed by atoms with Crippen LogP contribution >= 0.6 is 0 Å². The first-order valence-corrected chi connectivity index (χ1v) is 5.51. The van der Waals surface area contributed by atoms with Gasteiger partial charge >= 0.3 is 6.85 Å². The second-order valence-corrected chi connectivity index (χ2v) is 3.95. The topological polar surface area (TPSA) is 3.24 Å². The first kappa shape index (κ1) is 9.28. The van der Waals surface area contributed by atoms with Gasteiger partial charge in [-0.3, -0.25) is 0 Å². The lowest BCUT2D eigenvalue weighted by Crippen LogP contribution is -2.34. The van der Waals surface area contributed by atoms with Gasteiger partial charge < -0.3 is 4.81 Å². The van der Waals surface area contributed by atoms with E-state index in [4.69, 9.17) is 0 Å². The van der Waals surface area contributed by atoms with Crippen LogP contribution in [-0.4, -0.2) is 11.7 Å². The zero-order chi connectivity index (χ0) is 10.8. The van der Waals surface area contributed by atoms with Crippen molar-refractivity contribution < 1.29 is 0 Å². The zero-order valence-corrected chi connectivity index (χ0v) is 8.95. The van der Waals surface area contributed by atoms with Crippen LogP contribution in [0.15, 0.2) is 73.0 Å². The first-order valence-electron chi connectivity index (χ1n) is 5.51. The Labute approximate surface area is 96.2 Å². The molecule has 0 fully saturated rings. The van der Waals surface area contributed by atoms with Gasteiger partial charge in [-0.2, -0.15) is 0 Å². The molecule has 0 bridgehead atoms. The Morgan fingerprint density at radius 3 is 2.56 bits per heavy atom. The summed E-state index contributed by atoms with van der Waals surface area (Å²) in [6.07, 6.45) is 12.7. The summed E-state index contributed by atoms with van der Waals surface area (Å²) >= 11 is 0. The number of fused-ring (bicyclic) bond motifs is 1. The molecule has 16 heavy (non-hydrogen) atoms. The van der Waals surface area contributed by atoms with E-state index < -0.39 is 0 Å². The number of nitrogens with zero attached hydrogens (tertiary/aromatic N) is 1. The van der Waals surface area contributed by atoms with Crippen LogP contribution in [0.1, 0.15) is 5.56 Å². The van der Waals surface area contributed by atoms with Crippen LogP contribution in [0, 0.1) is 0 Å². The molecule has 0 saturated heterocycles. The Hall–Kier alpha value is -1.96. The third-order valence-corrected chi connectivity index (χ3v) is 2.94. The Balaban J connectivity index is 2.02. The summed E-state index contributed by atoms with van der Waals surface area (Å²) in [5.74, 6) is 2.22. The minimum Gasteiger partial charge on any atom is -0.390 e. The van der Waals surface area contributed by atoms with Crippen LogP contribution in [0.25, 0.3) is 5.47 Å². The molecule has 1 aromatic carbocycles. The highest BCUT2D eigenvalue weighted by molar-refractivity contribution is 6.81. The molecule has 2 heteroatoms. The number of benzene rings is 1. The minimum atomic E-state index is 0.345. The highest BCUT2D eigenvalue weighted by Crippen LogP contribution is 2.25. The molecule has 3 rings (SSSR count). The standard InChI is InChI=1S/C14H12BN/c1-2-7-13(8-3-1)14-9-6-12-16-11-5-4-10-15(14)16/h1-12H. The highest BCUT2D eigenvalue weighted by Gasteiger charge is 2.25. The molecule has 0 aromatic heterocycles. The van der Waals surface area contributed by atoms with Crippen LogP contribution in [0.2, 0.25) is 0 Å². The van der Waals surface area contributed by atoms with Gasteiger partial charge in [-0.05, 0) is 35.6 Å². The van der Waals surface area contributed by atoms with Gasteiger partial charge in [0.15, 0.2) is 0 Å². The van der Waals surface area contributed by atoms with Gasteiger partial charge in [-0.25, -0.2) is 0 Å². The molecular formula is C14H12BN. The minimum absolute atomic E-state index is 0.345. The largest absolute Gasteiger partial charge is 0.390 e. The number of allylic oxidation sites excluding steroid dienone is 4. The van der Waals surface area contributed by atoms with E-state index in [1.54, 1.807) is 0 Å². The Kier molecular flexibility index (Phi) is 2.26. The van der Waals surface area contributed by atoms with Gasteiger partial charge in [0.05, 0.1) is 0 Å². The fourth-order valence-corrected chi connectivity index (χ4v) is 2.16. The molecule has 0 aliphatic carbocycles. The highest BCUT2D eigenvalue weighted by atomic mass is 15.0. The molecule has 2 aliphatic rings. The third-order valence-electron chi connectivity index (χ3n) is 2.94. The third kappa shape index (κ3) is 1.52. The van der Waals surface area contributed by atoms with Crippen molar-refractivity contribution in [2.45, 2.75) is 0 Å². The smallest absolute Gasteiger partial charge is 0.320 e. The van der Waals surface area contributed by atoms with Crippen LogP contribution in [0.4, 0.5) is 0 Å². The maximum Gasteiger partial charge on any atom is 0.320 e. The second-order valence-electron chi connectivity index (χ2n) is 3.95. The van der Waals surface area contributed by atoms with E-state index in [1.165, 1.54) is 11.0 Å². The van der Waals surface area contributed by atoms with Crippen LogP contribution < -0.4 is 0 Å². The quantitative estimate of drug-likeness (QED) is 0.637. The van der Waals surface area contributed by atoms with Crippen LogP contribution in [-0.2, 0) is 0 Å². The zero-order valence-electron chi connectivity index (χ0n) is 8.95. The lowest BCUT2D eigenvalue weighted by atomic mass is 9.50. The maximum absolute atomic E-state index is 2.22. The van der Waals surface area contributed by atoms with Crippen LogP contribution in [0.5, 0.6) is 0 Å². The maximum atomic E-state index is 2.22. The van der Waals surface area contributed by atoms with E-state index in [0.717, 1.165) is 0 Å². The van der Waals surface area contributed by atoms with Gasteiger partial charge in [0.1, 0.15) is 0 Å². The van der Waals surface area contributed by atoms with E-state index in [2.05, 4.69) is 77.8 Å². The van der Waals surface area contributed by atoms with Crippen molar-refractivity contribution in [3.05, 3.63) is 78.6 Å². The van der Waals surface area contributed by atoms with Crippen molar-refractivity contribution in [3.8, 4) is 0 Å². The van der Waals surface area contributed by atoms with Crippen molar-refractivity contribution in [1.82, 2.24) is 4.81 Å². The lowest BCUT2D eigenvalue weighted by Gasteiger charge is -2.29. The summed E-state index contributed by atoms with van der Waals surface area (Å²) in [7, 11) is 0. The van der Waals surface area contributed by atoms with Gasteiger partial charge in [0.2, 0.25) is 0 Å². The number of rotatable bonds is 1. The Bertz CT molecular complexity index is 497. The summed E-state index contributed by atoms with van der Waals surface area (Å²) < 4.78 is 0. The van der Waals surface area contributed by atoms with E-state index in [-0.39, 0.29) is 0 Å². The van der Waals surface area contributed by atoms with Gasteiger partial charge in [0, 0.05) is 0 Å². The molecule has 2 heterocycles. The molecule has 0 unspecified atom stereocenters. The lowest BCUT2D eigenvalue weighted by molar-refractivity contribution is 0.793. The van der Waals surface area contributed by atoms with Crippen molar-refractivity contribution in [1.29, 1.82) is 0 Å². The van der Waals surface area contributed by atoms with E-state index in [9.17, 15) is 0 Å². The molecule has 0 spiro atoms. The molecule has 0 N–H and O–H groups in total. The summed E-state index contributed by atoms with van der Waals surface area (Å²) in [5, 5.41) is 0. The number of hydrogen-bond acceptors (Lipinski definition) is 1. The average Bonchev–Trinajstić information content (AvgIpc) is 2.39. The fraction of sp³-hybridized carbons (Fsp3) is 0. The summed E-state index contributed by atoms with van der Waals surface area (Å²) in [6, 6.07) is 10.5. The van der Waals surface area contributed by atoms with Gasteiger partial charge in [-0.15, -0.1) is 0 Å². The predicted molar refractivity (Wildman–Crippen MR) is 69.4 cm³/mol. The monoisotopic (exact) mass is 205 g/mol. The number of hydrogen-bond donors (Lipinski definition) is 0. The second kappa shape index (κ2) is 3.89. The molecular weight excluding hydrogens is 193 g/mol. The molecule has 0 saturated carbocycles. The fourth-order valence-electron chi connectivity index (χ4n) is 2.16. The first-order chi connectivity index (χ1) is 7.95. The van der Waals surface area contributed by atoms with E-state index >= 15 is 0 Å². The summed E-state index contributed by atoms with van der Waals surface area (Å²) in [5.41, 5.74) is 2.64. The molecule has 76 valence electrons. The molecule has 0 atom stereocenters. The van der Waals surface area contributed by atoms with Gasteiger partial charge in [-0.1, -0.05) is 48.5 Å². The average molecular weight is 205 g/mol. The SMILES string of the molecule is C1=CB2C(c3ccccc3)=CC=CN2C=C1. The predicted octanol–water partition coefficient (Wildman–Crippen LogP) is 3.05. The molecule has 0 radical (unpaired) electrons. The Morgan fingerprint density at radius 2 is 1.69 bits per heavy atom. The molecule has 2 aliphatic heterocycles.